The van der Waals surface area contributed by atoms with E-state index in [1.165, 1.54) is 11.1 Å². The Balaban J connectivity index is 1.69. The number of nitrogens with zero attached hydrogens (tertiary/aromatic N) is 3. The van der Waals surface area contributed by atoms with E-state index in [9.17, 15) is 4.79 Å². The van der Waals surface area contributed by atoms with Gasteiger partial charge < -0.3 is 10.6 Å². The van der Waals surface area contributed by atoms with Crippen molar-refractivity contribution in [1.82, 2.24) is 14.7 Å². The van der Waals surface area contributed by atoms with Gasteiger partial charge in [0, 0.05) is 30.9 Å². The van der Waals surface area contributed by atoms with Crippen molar-refractivity contribution in [3.8, 4) is 11.3 Å². The van der Waals surface area contributed by atoms with E-state index in [0.29, 0.717) is 25.2 Å². The molecule has 4 rings (SSSR count). The van der Waals surface area contributed by atoms with Crippen molar-refractivity contribution in [2.24, 2.45) is 5.73 Å². The largest absolute Gasteiger partial charge is 0.337 e. The van der Waals surface area contributed by atoms with Gasteiger partial charge in [0.1, 0.15) is 5.69 Å². The highest BCUT2D eigenvalue weighted by Crippen LogP contribution is 2.25. The zero-order valence-electron chi connectivity index (χ0n) is 16.4. The monoisotopic (exact) mass is 374 g/mol. The van der Waals surface area contributed by atoms with E-state index in [1.54, 1.807) is 0 Å². The first-order valence-corrected chi connectivity index (χ1v) is 9.74. The minimum absolute atomic E-state index is 0.0127. The predicted octanol–water partition coefficient (Wildman–Crippen LogP) is 3.39. The third-order valence-electron chi connectivity index (χ3n) is 5.29. The first kappa shape index (κ1) is 18.4. The fraction of sp³-hybridized carbons (Fsp3) is 0.304. The summed E-state index contributed by atoms with van der Waals surface area (Å²) in [5.74, 6) is 0.0127. The average molecular weight is 374 g/mol. The number of carbonyl (C=O) groups is 1. The summed E-state index contributed by atoms with van der Waals surface area (Å²) >= 11 is 0. The molecule has 28 heavy (non-hydrogen) atoms. The molecule has 1 saturated heterocycles. The van der Waals surface area contributed by atoms with Crippen LogP contribution in [0.3, 0.4) is 0 Å². The minimum Gasteiger partial charge on any atom is -0.337 e. The van der Waals surface area contributed by atoms with Gasteiger partial charge in [0.25, 0.3) is 5.91 Å². The van der Waals surface area contributed by atoms with Crippen LogP contribution in [0, 0.1) is 13.8 Å². The predicted molar refractivity (Wildman–Crippen MR) is 111 cm³/mol. The topological polar surface area (TPSA) is 64.2 Å². The van der Waals surface area contributed by atoms with Crippen molar-refractivity contribution in [2.75, 3.05) is 13.1 Å². The Morgan fingerprint density at radius 1 is 1.07 bits per heavy atom. The number of likely N-dealkylation sites (tertiary alicyclic amines) is 1. The SMILES string of the molecule is Cc1ccc(Cn2cc(C(=O)N3CC[C@@H](N)C3)c(-c3ccc(C)cc3)n2)cc1. The second-order valence-corrected chi connectivity index (χ2v) is 7.74. The average Bonchev–Trinajstić information content (AvgIpc) is 3.30. The summed E-state index contributed by atoms with van der Waals surface area (Å²) in [6.07, 6.45) is 2.73. The van der Waals surface area contributed by atoms with E-state index < -0.39 is 0 Å². The molecule has 0 spiro atoms. The lowest BCUT2D eigenvalue weighted by atomic mass is 10.1. The molecule has 0 unspecified atom stereocenters. The Hall–Kier alpha value is -2.92. The van der Waals surface area contributed by atoms with Gasteiger partial charge in [0.05, 0.1) is 12.1 Å². The van der Waals surface area contributed by atoms with Gasteiger partial charge in [-0.3, -0.25) is 9.48 Å². The summed E-state index contributed by atoms with van der Waals surface area (Å²) < 4.78 is 1.86. The van der Waals surface area contributed by atoms with Crippen molar-refractivity contribution >= 4 is 5.91 Å². The van der Waals surface area contributed by atoms with Gasteiger partial charge in [0.15, 0.2) is 0 Å². The highest BCUT2D eigenvalue weighted by atomic mass is 16.2. The molecule has 3 aromatic rings. The lowest BCUT2D eigenvalue weighted by Gasteiger charge is -2.15. The fourth-order valence-electron chi connectivity index (χ4n) is 3.61. The standard InChI is InChI=1S/C23H26N4O/c1-16-3-7-18(8-4-16)13-27-15-21(23(28)26-12-11-20(24)14-26)22(25-27)19-9-5-17(2)6-10-19/h3-10,15,20H,11-14,24H2,1-2H3/t20-/m1/s1. The molecule has 5 nitrogen and oxygen atoms in total. The Kier molecular flexibility index (Phi) is 5.01. The van der Waals surface area contributed by atoms with Crippen LogP contribution in [0.4, 0.5) is 0 Å². The Morgan fingerprint density at radius 2 is 1.71 bits per heavy atom. The molecule has 1 amide bonds. The number of aromatic nitrogens is 2. The highest BCUT2D eigenvalue weighted by molar-refractivity contribution is 6.00. The molecule has 2 heterocycles. The molecule has 144 valence electrons. The number of carbonyl (C=O) groups excluding carboxylic acids is 1. The lowest BCUT2D eigenvalue weighted by Crippen LogP contribution is -2.32. The number of amides is 1. The van der Waals surface area contributed by atoms with Crippen molar-refractivity contribution in [3.05, 3.63) is 77.0 Å². The molecule has 2 aromatic carbocycles. The fourth-order valence-corrected chi connectivity index (χ4v) is 3.61. The normalized spacial score (nSPS) is 16.5. The Labute approximate surface area is 165 Å². The van der Waals surface area contributed by atoms with Crippen LogP contribution in [0.5, 0.6) is 0 Å². The number of hydrogen-bond donors (Lipinski definition) is 1. The number of benzene rings is 2. The smallest absolute Gasteiger partial charge is 0.257 e. The van der Waals surface area contributed by atoms with Crippen LogP contribution in [0.2, 0.25) is 0 Å². The molecule has 0 bridgehead atoms. The second kappa shape index (κ2) is 7.60. The van der Waals surface area contributed by atoms with E-state index in [0.717, 1.165) is 23.2 Å². The molecule has 1 aliphatic rings. The van der Waals surface area contributed by atoms with Gasteiger partial charge in [-0.05, 0) is 25.8 Å². The lowest BCUT2D eigenvalue weighted by molar-refractivity contribution is 0.0791. The molecule has 0 aliphatic carbocycles. The molecular weight excluding hydrogens is 348 g/mol. The van der Waals surface area contributed by atoms with E-state index in [4.69, 9.17) is 10.8 Å². The maximum Gasteiger partial charge on any atom is 0.257 e. The van der Waals surface area contributed by atoms with Gasteiger partial charge in [-0.15, -0.1) is 0 Å². The van der Waals surface area contributed by atoms with E-state index >= 15 is 0 Å². The maximum absolute atomic E-state index is 13.2. The Bertz CT molecular complexity index is 973. The van der Waals surface area contributed by atoms with Gasteiger partial charge in [0.2, 0.25) is 0 Å². The minimum atomic E-state index is 0.0127. The van der Waals surface area contributed by atoms with E-state index in [1.807, 2.05) is 40.0 Å². The van der Waals surface area contributed by atoms with E-state index in [2.05, 4.69) is 38.1 Å². The van der Waals surface area contributed by atoms with Crippen LogP contribution < -0.4 is 5.73 Å². The maximum atomic E-state index is 13.2. The van der Waals surface area contributed by atoms with Crippen LogP contribution in [-0.2, 0) is 6.54 Å². The molecule has 0 saturated carbocycles. The zero-order valence-corrected chi connectivity index (χ0v) is 16.4. The second-order valence-electron chi connectivity index (χ2n) is 7.74. The summed E-state index contributed by atoms with van der Waals surface area (Å²) in [4.78, 5) is 15.0. The molecule has 0 radical (unpaired) electrons. The number of rotatable bonds is 4. The van der Waals surface area contributed by atoms with Gasteiger partial charge in [-0.1, -0.05) is 59.7 Å². The summed E-state index contributed by atoms with van der Waals surface area (Å²) in [5, 5.41) is 4.78. The molecule has 2 N–H and O–H groups in total. The van der Waals surface area contributed by atoms with Gasteiger partial charge >= 0.3 is 0 Å². The molecule has 1 aromatic heterocycles. The summed E-state index contributed by atoms with van der Waals surface area (Å²) in [6.45, 7) is 6.07. The first-order chi connectivity index (χ1) is 13.5. The van der Waals surface area contributed by atoms with Crippen LogP contribution in [0.25, 0.3) is 11.3 Å². The molecule has 1 aliphatic heterocycles. The van der Waals surface area contributed by atoms with Gasteiger partial charge in [-0.2, -0.15) is 5.10 Å². The number of aryl methyl sites for hydroxylation is 2. The number of nitrogens with two attached hydrogens (primary N) is 1. The zero-order chi connectivity index (χ0) is 19.7. The van der Waals surface area contributed by atoms with Crippen molar-refractivity contribution in [1.29, 1.82) is 0 Å². The van der Waals surface area contributed by atoms with Crippen LogP contribution in [0.15, 0.2) is 54.7 Å². The quantitative estimate of drug-likeness (QED) is 0.761. The van der Waals surface area contributed by atoms with Crippen molar-refractivity contribution in [2.45, 2.75) is 32.9 Å². The van der Waals surface area contributed by atoms with Crippen LogP contribution in [-0.4, -0.2) is 39.7 Å². The summed E-state index contributed by atoms with van der Waals surface area (Å²) in [7, 11) is 0. The molecular formula is C23H26N4O. The molecule has 1 fully saturated rings. The summed E-state index contributed by atoms with van der Waals surface area (Å²) in [5.41, 5.74) is 11.9. The number of hydrogen-bond acceptors (Lipinski definition) is 3. The molecule has 1 atom stereocenters. The first-order valence-electron chi connectivity index (χ1n) is 9.74. The van der Waals surface area contributed by atoms with Crippen molar-refractivity contribution in [3.63, 3.8) is 0 Å². The van der Waals surface area contributed by atoms with Crippen molar-refractivity contribution < 1.29 is 4.79 Å². The summed E-state index contributed by atoms with van der Waals surface area (Å²) in [6, 6.07) is 16.6. The van der Waals surface area contributed by atoms with Gasteiger partial charge in [-0.25, -0.2) is 0 Å². The van der Waals surface area contributed by atoms with Crippen LogP contribution >= 0.6 is 0 Å². The highest BCUT2D eigenvalue weighted by Gasteiger charge is 2.28. The third-order valence-corrected chi connectivity index (χ3v) is 5.29. The molecule has 5 heteroatoms. The van der Waals surface area contributed by atoms with E-state index in [-0.39, 0.29) is 11.9 Å². The van der Waals surface area contributed by atoms with Crippen LogP contribution in [0.1, 0.15) is 33.5 Å². The third kappa shape index (κ3) is 3.85. The Morgan fingerprint density at radius 3 is 2.32 bits per heavy atom.